The SMILES string of the molecule is C[C@H](CCC(=O)O)C1CCC2C(CCC(=O)O)C(=O)CCC21C. The number of ketones is 1. The maximum Gasteiger partial charge on any atom is 0.303 e. The molecule has 0 amide bonds. The molecule has 0 radical (unpaired) electrons. The van der Waals surface area contributed by atoms with Gasteiger partial charge in [-0.15, -0.1) is 0 Å². The molecule has 0 bridgehead atoms. The standard InChI is InChI=1S/C18H28O5/c1-11(3-7-16(20)21)13-5-6-14-12(4-8-17(22)23)15(19)9-10-18(13,14)2/h11-14H,3-10H2,1-2H3,(H,20,21)(H,22,23)/t11-,12?,13?,14?,18?/m1/s1. The summed E-state index contributed by atoms with van der Waals surface area (Å²) in [5.74, 6) is -0.458. The minimum Gasteiger partial charge on any atom is -0.481 e. The van der Waals surface area contributed by atoms with Crippen LogP contribution >= 0.6 is 0 Å². The molecule has 0 aromatic carbocycles. The zero-order chi connectivity index (χ0) is 17.2. The van der Waals surface area contributed by atoms with E-state index >= 15 is 0 Å². The van der Waals surface area contributed by atoms with Crippen molar-refractivity contribution in [2.45, 2.75) is 65.2 Å². The predicted molar refractivity (Wildman–Crippen MR) is 85.0 cm³/mol. The molecule has 2 N–H and O–H groups in total. The molecule has 0 heterocycles. The Labute approximate surface area is 137 Å². The van der Waals surface area contributed by atoms with Crippen LogP contribution in [0.5, 0.6) is 0 Å². The average Bonchev–Trinajstić information content (AvgIpc) is 2.81. The summed E-state index contributed by atoms with van der Waals surface area (Å²) in [6.07, 6.45) is 4.78. The van der Waals surface area contributed by atoms with E-state index in [1.807, 2.05) is 0 Å². The second-order valence-corrected chi connectivity index (χ2v) is 7.71. The zero-order valence-electron chi connectivity index (χ0n) is 14.1. The summed E-state index contributed by atoms with van der Waals surface area (Å²) in [5, 5.41) is 17.8. The van der Waals surface area contributed by atoms with E-state index in [0.717, 1.165) is 19.3 Å². The van der Waals surface area contributed by atoms with Crippen molar-refractivity contribution in [2.75, 3.05) is 0 Å². The summed E-state index contributed by atoms with van der Waals surface area (Å²) < 4.78 is 0. The van der Waals surface area contributed by atoms with Crippen molar-refractivity contribution in [1.29, 1.82) is 0 Å². The first-order valence-corrected chi connectivity index (χ1v) is 8.72. The summed E-state index contributed by atoms with van der Waals surface area (Å²) in [5.41, 5.74) is 0.0506. The van der Waals surface area contributed by atoms with E-state index in [1.165, 1.54) is 0 Å². The fraction of sp³-hybridized carbons (Fsp3) is 0.833. The Kier molecular flexibility index (Phi) is 5.48. The van der Waals surface area contributed by atoms with Crippen LogP contribution in [0.3, 0.4) is 0 Å². The number of hydrogen-bond donors (Lipinski definition) is 2. The second-order valence-electron chi connectivity index (χ2n) is 7.71. The van der Waals surface area contributed by atoms with Crippen LogP contribution in [0.4, 0.5) is 0 Å². The number of fused-ring (bicyclic) bond motifs is 1. The first-order chi connectivity index (χ1) is 10.8. The lowest BCUT2D eigenvalue weighted by Gasteiger charge is -2.46. The predicted octanol–water partition coefficient (Wildman–Crippen LogP) is 3.36. The second kappa shape index (κ2) is 7.02. The lowest BCUT2D eigenvalue weighted by atomic mass is 9.58. The molecule has 2 aliphatic carbocycles. The van der Waals surface area contributed by atoms with Gasteiger partial charge >= 0.3 is 11.9 Å². The van der Waals surface area contributed by atoms with Crippen molar-refractivity contribution in [3.05, 3.63) is 0 Å². The fourth-order valence-electron chi connectivity index (χ4n) is 5.26. The molecule has 2 aliphatic rings. The van der Waals surface area contributed by atoms with Gasteiger partial charge in [0.25, 0.3) is 0 Å². The topological polar surface area (TPSA) is 91.7 Å². The number of aliphatic carboxylic acids is 2. The number of rotatable bonds is 7. The van der Waals surface area contributed by atoms with E-state index in [9.17, 15) is 14.4 Å². The summed E-state index contributed by atoms with van der Waals surface area (Å²) in [6, 6.07) is 0. The fourth-order valence-corrected chi connectivity index (χ4v) is 5.26. The highest BCUT2D eigenvalue weighted by Crippen LogP contribution is 2.59. The van der Waals surface area contributed by atoms with Gasteiger partial charge in [0, 0.05) is 25.2 Å². The Balaban J connectivity index is 2.09. The minimum atomic E-state index is -0.838. The molecule has 0 saturated heterocycles. The molecule has 23 heavy (non-hydrogen) atoms. The van der Waals surface area contributed by atoms with Crippen molar-refractivity contribution in [3.63, 3.8) is 0 Å². The molecule has 5 atom stereocenters. The van der Waals surface area contributed by atoms with E-state index in [1.54, 1.807) is 0 Å². The molecule has 5 nitrogen and oxygen atoms in total. The quantitative estimate of drug-likeness (QED) is 0.749. The van der Waals surface area contributed by atoms with Crippen molar-refractivity contribution in [3.8, 4) is 0 Å². The molecule has 2 fully saturated rings. The largest absolute Gasteiger partial charge is 0.481 e. The van der Waals surface area contributed by atoms with Gasteiger partial charge in [0.1, 0.15) is 5.78 Å². The number of carboxylic acid groups (broad SMARTS) is 2. The normalized spacial score (nSPS) is 34.9. The summed E-state index contributed by atoms with van der Waals surface area (Å²) in [6.45, 7) is 4.37. The number of carbonyl (C=O) groups excluding carboxylic acids is 1. The van der Waals surface area contributed by atoms with Crippen LogP contribution in [0.15, 0.2) is 0 Å². The summed E-state index contributed by atoms with van der Waals surface area (Å²) in [4.78, 5) is 34.0. The first kappa shape index (κ1) is 18.0. The van der Waals surface area contributed by atoms with E-state index in [4.69, 9.17) is 10.2 Å². The third-order valence-electron chi connectivity index (χ3n) is 6.46. The van der Waals surface area contributed by atoms with Crippen LogP contribution in [0, 0.1) is 29.1 Å². The first-order valence-electron chi connectivity index (χ1n) is 8.72. The van der Waals surface area contributed by atoms with Gasteiger partial charge in [-0.2, -0.15) is 0 Å². The Morgan fingerprint density at radius 1 is 1.22 bits per heavy atom. The Morgan fingerprint density at radius 3 is 2.48 bits per heavy atom. The number of hydrogen-bond acceptors (Lipinski definition) is 3. The van der Waals surface area contributed by atoms with Crippen LogP contribution in [-0.4, -0.2) is 27.9 Å². The van der Waals surface area contributed by atoms with Crippen LogP contribution in [0.25, 0.3) is 0 Å². The molecule has 4 unspecified atom stereocenters. The minimum absolute atomic E-state index is 0.0506. The van der Waals surface area contributed by atoms with Gasteiger partial charge in [-0.3, -0.25) is 14.4 Å². The van der Waals surface area contributed by atoms with Gasteiger partial charge in [0.15, 0.2) is 0 Å². The van der Waals surface area contributed by atoms with E-state index in [-0.39, 0.29) is 35.9 Å². The third-order valence-corrected chi connectivity index (χ3v) is 6.46. The van der Waals surface area contributed by atoms with Gasteiger partial charge in [-0.1, -0.05) is 13.8 Å². The molecule has 0 aliphatic heterocycles. The molecule has 2 rings (SSSR count). The lowest BCUT2D eigenvalue weighted by Crippen LogP contribution is -2.43. The van der Waals surface area contributed by atoms with E-state index in [0.29, 0.717) is 31.1 Å². The van der Waals surface area contributed by atoms with Crippen molar-refractivity contribution in [1.82, 2.24) is 0 Å². The average molecular weight is 324 g/mol. The molecule has 130 valence electrons. The zero-order valence-corrected chi connectivity index (χ0v) is 14.1. The highest BCUT2D eigenvalue weighted by Gasteiger charge is 2.54. The molecule has 5 heteroatoms. The number of carboxylic acids is 2. The van der Waals surface area contributed by atoms with E-state index in [2.05, 4.69) is 13.8 Å². The molecule has 0 spiro atoms. The monoisotopic (exact) mass is 324 g/mol. The van der Waals surface area contributed by atoms with Crippen LogP contribution in [0.1, 0.15) is 65.2 Å². The maximum atomic E-state index is 12.3. The maximum absolute atomic E-state index is 12.3. The highest BCUT2D eigenvalue weighted by atomic mass is 16.4. The van der Waals surface area contributed by atoms with Crippen molar-refractivity contribution in [2.24, 2.45) is 29.1 Å². The molecule has 0 aromatic heterocycles. The molecular weight excluding hydrogens is 296 g/mol. The third kappa shape index (κ3) is 3.75. The molecule has 2 saturated carbocycles. The van der Waals surface area contributed by atoms with E-state index < -0.39 is 11.9 Å². The van der Waals surface area contributed by atoms with Crippen molar-refractivity contribution < 1.29 is 24.6 Å². The number of Topliss-reactive ketones (excluding diaryl/α,β-unsaturated/α-hetero) is 1. The molecular formula is C18H28O5. The van der Waals surface area contributed by atoms with Crippen molar-refractivity contribution >= 4 is 17.7 Å². The Bertz CT molecular complexity index is 486. The van der Waals surface area contributed by atoms with Gasteiger partial charge in [-0.05, 0) is 55.3 Å². The van der Waals surface area contributed by atoms with Crippen LogP contribution in [-0.2, 0) is 14.4 Å². The molecule has 0 aromatic rings. The smallest absolute Gasteiger partial charge is 0.303 e. The van der Waals surface area contributed by atoms with Gasteiger partial charge < -0.3 is 10.2 Å². The van der Waals surface area contributed by atoms with Gasteiger partial charge in [0.2, 0.25) is 0 Å². The van der Waals surface area contributed by atoms with Crippen LogP contribution in [0.2, 0.25) is 0 Å². The Hall–Kier alpha value is -1.39. The number of carbonyl (C=O) groups is 3. The highest BCUT2D eigenvalue weighted by molar-refractivity contribution is 5.83. The summed E-state index contributed by atoms with van der Waals surface area (Å²) >= 11 is 0. The lowest BCUT2D eigenvalue weighted by molar-refractivity contribution is -0.139. The van der Waals surface area contributed by atoms with Crippen LogP contribution < -0.4 is 0 Å². The van der Waals surface area contributed by atoms with Gasteiger partial charge in [-0.25, -0.2) is 0 Å². The summed E-state index contributed by atoms with van der Waals surface area (Å²) in [7, 11) is 0. The van der Waals surface area contributed by atoms with Gasteiger partial charge in [0.05, 0.1) is 0 Å². The Morgan fingerprint density at radius 2 is 1.87 bits per heavy atom.